The van der Waals surface area contributed by atoms with Crippen molar-refractivity contribution in [3.05, 3.63) is 76.8 Å². The second-order valence-electron chi connectivity index (χ2n) is 6.41. The fourth-order valence-electron chi connectivity index (χ4n) is 2.94. The van der Waals surface area contributed by atoms with Gasteiger partial charge in [-0.15, -0.1) is 0 Å². The summed E-state index contributed by atoms with van der Waals surface area (Å²) in [6.07, 6.45) is 0. The average Bonchev–Trinajstić information content (AvgIpc) is 3.12. The summed E-state index contributed by atoms with van der Waals surface area (Å²) in [6, 6.07) is 18.3. The summed E-state index contributed by atoms with van der Waals surface area (Å²) in [5, 5.41) is 8.15. The van der Waals surface area contributed by atoms with Crippen molar-refractivity contribution in [3.63, 3.8) is 0 Å². The summed E-state index contributed by atoms with van der Waals surface area (Å²) in [5.41, 5.74) is 3.84. The minimum atomic E-state index is -0.251. The number of nitrogens with one attached hydrogen (secondary N) is 1. The molecular formula is C22H17ClN2O3. The van der Waals surface area contributed by atoms with Crippen LogP contribution in [0.5, 0.6) is 5.75 Å². The number of carbonyl (C=O) groups is 1. The topological polar surface area (TPSA) is 64.4 Å². The molecule has 140 valence electrons. The molecule has 4 rings (SSSR count). The van der Waals surface area contributed by atoms with Crippen LogP contribution in [0.4, 0.5) is 5.69 Å². The molecule has 1 amide bonds. The Kier molecular flexibility index (Phi) is 4.75. The Morgan fingerprint density at radius 2 is 1.86 bits per heavy atom. The van der Waals surface area contributed by atoms with Crippen molar-refractivity contribution in [2.75, 3.05) is 12.4 Å². The lowest BCUT2D eigenvalue weighted by Crippen LogP contribution is -2.11. The number of aryl methyl sites for hydroxylation is 1. The lowest BCUT2D eigenvalue weighted by atomic mass is 10.0. The lowest BCUT2D eigenvalue weighted by Gasteiger charge is -2.08. The van der Waals surface area contributed by atoms with E-state index in [1.165, 1.54) is 0 Å². The molecule has 0 aliphatic heterocycles. The zero-order valence-corrected chi connectivity index (χ0v) is 16.1. The van der Waals surface area contributed by atoms with Crippen LogP contribution in [0.1, 0.15) is 15.9 Å². The lowest BCUT2D eigenvalue weighted by molar-refractivity contribution is 0.102. The molecule has 0 unspecified atom stereocenters. The van der Waals surface area contributed by atoms with Crippen molar-refractivity contribution in [3.8, 4) is 17.1 Å². The van der Waals surface area contributed by atoms with E-state index >= 15 is 0 Å². The molecule has 0 bridgehead atoms. The second-order valence-corrected chi connectivity index (χ2v) is 6.82. The summed E-state index contributed by atoms with van der Waals surface area (Å²) in [7, 11) is 1.54. The third kappa shape index (κ3) is 3.44. The minimum absolute atomic E-state index is 0.251. The number of carbonyl (C=O) groups excluding carboxylic acids is 1. The predicted octanol–water partition coefficient (Wildman–Crippen LogP) is 5.72. The van der Waals surface area contributed by atoms with E-state index in [4.69, 9.17) is 20.9 Å². The van der Waals surface area contributed by atoms with Crippen molar-refractivity contribution >= 4 is 34.1 Å². The molecule has 0 spiro atoms. The standard InChI is InChI=1S/C22H17ClN2O3/c1-13-3-5-14(6-4-13)21-17-11-15(7-9-19(17)25-28-21)22(26)24-16-8-10-20(27-2)18(23)12-16/h3-12H,1-2H3,(H,24,26). The van der Waals surface area contributed by atoms with Crippen molar-refractivity contribution in [1.82, 2.24) is 5.16 Å². The molecule has 0 aliphatic carbocycles. The number of rotatable bonds is 4. The summed E-state index contributed by atoms with van der Waals surface area (Å²) < 4.78 is 10.7. The highest BCUT2D eigenvalue weighted by molar-refractivity contribution is 6.32. The van der Waals surface area contributed by atoms with Gasteiger partial charge in [-0.2, -0.15) is 0 Å². The maximum absolute atomic E-state index is 12.7. The molecule has 1 aromatic heterocycles. The fourth-order valence-corrected chi connectivity index (χ4v) is 3.20. The zero-order valence-electron chi connectivity index (χ0n) is 15.3. The fraction of sp³-hybridized carbons (Fsp3) is 0.0909. The molecule has 0 saturated carbocycles. The van der Waals surface area contributed by atoms with Gasteiger partial charge in [-0.1, -0.05) is 46.6 Å². The number of fused-ring (bicyclic) bond motifs is 1. The predicted molar refractivity (Wildman–Crippen MR) is 110 cm³/mol. The number of halogens is 1. The molecule has 5 nitrogen and oxygen atoms in total. The zero-order chi connectivity index (χ0) is 19.7. The smallest absolute Gasteiger partial charge is 0.255 e. The molecule has 3 aromatic carbocycles. The molecule has 1 heterocycles. The number of amides is 1. The number of nitrogens with zero attached hydrogens (tertiary/aromatic N) is 1. The molecule has 28 heavy (non-hydrogen) atoms. The quantitative estimate of drug-likeness (QED) is 0.482. The number of hydrogen-bond acceptors (Lipinski definition) is 4. The number of hydrogen-bond donors (Lipinski definition) is 1. The van der Waals surface area contributed by atoms with Gasteiger partial charge in [0.05, 0.1) is 17.5 Å². The highest BCUT2D eigenvalue weighted by Gasteiger charge is 2.14. The number of aromatic nitrogens is 1. The van der Waals surface area contributed by atoms with Crippen LogP contribution in [0, 0.1) is 6.92 Å². The second kappa shape index (κ2) is 7.37. The van der Waals surface area contributed by atoms with E-state index in [0.717, 1.165) is 16.5 Å². The third-order valence-electron chi connectivity index (χ3n) is 4.46. The largest absolute Gasteiger partial charge is 0.495 e. The van der Waals surface area contributed by atoms with E-state index in [1.807, 2.05) is 31.2 Å². The van der Waals surface area contributed by atoms with Crippen LogP contribution in [0.15, 0.2) is 65.2 Å². The van der Waals surface area contributed by atoms with Crippen LogP contribution in [-0.4, -0.2) is 18.2 Å². The molecule has 1 N–H and O–H groups in total. The average molecular weight is 393 g/mol. The van der Waals surface area contributed by atoms with Crippen LogP contribution in [0.2, 0.25) is 5.02 Å². The molecule has 4 aromatic rings. The van der Waals surface area contributed by atoms with Crippen LogP contribution >= 0.6 is 11.6 Å². The molecule has 0 saturated heterocycles. The van der Waals surface area contributed by atoms with Crippen LogP contribution < -0.4 is 10.1 Å². The van der Waals surface area contributed by atoms with Gasteiger partial charge in [-0.3, -0.25) is 4.79 Å². The van der Waals surface area contributed by atoms with E-state index in [1.54, 1.807) is 43.5 Å². The summed E-state index contributed by atoms with van der Waals surface area (Å²) >= 11 is 6.13. The maximum Gasteiger partial charge on any atom is 0.255 e. The summed E-state index contributed by atoms with van der Waals surface area (Å²) in [4.78, 5) is 12.7. The molecule has 0 atom stereocenters. The van der Waals surface area contributed by atoms with E-state index in [0.29, 0.717) is 33.3 Å². The van der Waals surface area contributed by atoms with E-state index in [2.05, 4.69) is 10.5 Å². The van der Waals surface area contributed by atoms with Gasteiger partial charge in [0, 0.05) is 16.8 Å². The first kappa shape index (κ1) is 18.1. The number of methoxy groups -OCH3 is 1. The van der Waals surface area contributed by atoms with Gasteiger partial charge in [0.1, 0.15) is 11.3 Å². The van der Waals surface area contributed by atoms with Crippen LogP contribution in [0.25, 0.3) is 22.2 Å². The van der Waals surface area contributed by atoms with E-state index in [9.17, 15) is 4.79 Å². The van der Waals surface area contributed by atoms with Crippen molar-refractivity contribution < 1.29 is 14.1 Å². The Labute approximate surface area is 166 Å². The molecular weight excluding hydrogens is 376 g/mol. The van der Waals surface area contributed by atoms with Gasteiger partial charge in [0.25, 0.3) is 5.91 Å². The summed E-state index contributed by atoms with van der Waals surface area (Å²) in [6.45, 7) is 2.02. The van der Waals surface area contributed by atoms with Gasteiger partial charge < -0.3 is 14.6 Å². The Morgan fingerprint density at radius 1 is 1.07 bits per heavy atom. The first-order valence-electron chi connectivity index (χ1n) is 8.66. The molecule has 0 radical (unpaired) electrons. The highest BCUT2D eigenvalue weighted by atomic mass is 35.5. The van der Waals surface area contributed by atoms with Crippen LogP contribution in [-0.2, 0) is 0 Å². The van der Waals surface area contributed by atoms with Crippen molar-refractivity contribution in [1.29, 1.82) is 0 Å². The minimum Gasteiger partial charge on any atom is -0.495 e. The number of benzene rings is 3. The monoisotopic (exact) mass is 392 g/mol. The first-order chi connectivity index (χ1) is 13.5. The Balaban J connectivity index is 1.65. The van der Waals surface area contributed by atoms with Gasteiger partial charge in [-0.05, 0) is 43.3 Å². The SMILES string of the molecule is COc1ccc(NC(=O)c2ccc3noc(-c4ccc(C)cc4)c3c2)cc1Cl. The number of ether oxygens (including phenoxy) is 1. The molecule has 0 fully saturated rings. The number of anilines is 1. The maximum atomic E-state index is 12.7. The van der Waals surface area contributed by atoms with Gasteiger partial charge in [0.15, 0.2) is 5.76 Å². The third-order valence-corrected chi connectivity index (χ3v) is 4.76. The first-order valence-corrected chi connectivity index (χ1v) is 9.04. The van der Waals surface area contributed by atoms with Gasteiger partial charge >= 0.3 is 0 Å². The Morgan fingerprint density at radius 3 is 2.57 bits per heavy atom. The van der Waals surface area contributed by atoms with E-state index in [-0.39, 0.29) is 5.91 Å². The Bertz CT molecular complexity index is 1170. The van der Waals surface area contributed by atoms with Crippen molar-refractivity contribution in [2.24, 2.45) is 0 Å². The molecule has 0 aliphatic rings. The van der Waals surface area contributed by atoms with Crippen molar-refractivity contribution in [2.45, 2.75) is 6.92 Å². The van der Waals surface area contributed by atoms with Gasteiger partial charge in [-0.25, -0.2) is 0 Å². The normalized spacial score (nSPS) is 10.8. The van der Waals surface area contributed by atoms with E-state index < -0.39 is 0 Å². The molecule has 6 heteroatoms. The highest BCUT2D eigenvalue weighted by Crippen LogP contribution is 2.30. The van der Waals surface area contributed by atoms with Crippen LogP contribution in [0.3, 0.4) is 0 Å². The Hall–Kier alpha value is -3.31. The van der Waals surface area contributed by atoms with Gasteiger partial charge in [0.2, 0.25) is 0 Å². The summed E-state index contributed by atoms with van der Waals surface area (Å²) in [5.74, 6) is 0.935.